The zero-order chi connectivity index (χ0) is 27.8. The second-order valence-corrected chi connectivity index (χ2v) is 10.5. The van der Waals surface area contributed by atoms with Crippen LogP contribution in [0.2, 0.25) is 0 Å². The first-order chi connectivity index (χ1) is 19.5. The van der Waals surface area contributed by atoms with E-state index in [9.17, 15) is 14.4 Å². The smallest absolute Gasteiger partial charge is 0.336 e. The van der Waals surface area contributed by atoms with Crippen molar-refractivity contribution >= 4 is 22.7 Å². The zero-order valence-corrected chi connectivity index (χ0v) is 22.5. The van der Waals surface area contributed by atoms with Gasteiger partial charge in [-0.15, -0.1) is 0 Å². The maximum atomic E-state index is 13.9. The van der Waals surface area contributed by atoms with E-state index in [4.69, 9.17) is 18.6 Å². The predicted molar refractivity (Wildman–Crippen MR) is 148 cm³/mol. The molecule has 2 aromatic carbocycles. The first-order valence-electron chi connectivity index (χ1n) is 13.6. The van der Waals surface area contributed by atoms with Gasteiger partial charge in [-0.25, -0.2) is 4.79 Å². The molecule has 3 aliphatic rings. The van der Waals surface area contributed by atoms with Gasteiger partial charge in [0, 0.05) is 41.5 Å². The summed E-state index contributed by atoms with van der Waals surface area (Å²) in [4.78, 5) is 41.4. The molecule has 0 amide bonds. The molecule has 3 aromatic rings. The molecular formula is C32H31NO7. The van der Waals surface area contributed by atoms with Crippen molar-refractivity contribution in [3.8, 4) is 5.75 Å². The molecule has 0 spiro atoms. The Labute approximate surface area is 231 Å². The predicted octanol–water partition coefficient (Wildman–Crippen LogP) is 4.89. The van der Waals surface area contributed by atoms with E-state index in [0.717, 1.165) is 24.2 Å². The minimum atomic E-state index is -0.916. The van der Waals surface area contributed by atoms with Gasteiger partial charge in [-0.3, -0.25) is 9.59 Å². The standard InChI is InChI=1S/C32H31NO7/c1-18-28(32(36)40-16-20-8-7-13-38-20)29(23-17-39-27-12-6-4-10-22(27)31(23)35)30-24(33-18)14-19(15-25(30)34)21-9-3-5-11-26(21)37-2/h3-6,9-12,17,19-20,29,33H,7-8,13-16H2,1-2H3/t19-,20+,29+/m1/s1. The maximum absolute atomic E-state index is 13.9. The first kappa shape index (κ1) is 26.1. The minimum Gasteiger partial charge on any atom is -0.496 e. The summed E-state index contributed by atoms with van der Waals surface area (Å²) in [5, 5.41) is 3.72. The van der Waals surface area contributed by atoms with Crippen LogP contribution in [-0.2, 0) is 19.1 Å². The molecule has 40 heavy (non-hydrogen) atoms. The number of allylic oxidation sites excluding steroid dienone is 3. The molecule has 1 fully saturated rings. The Balaban J connectivity index is 1.44. The van der Waals surface area contributed by atoms with Gasteiger partial charge in [-0.05, 0) is 49.9 Å². The maximum Gasteiger partial charge on any atom is 0.336 e. The number of para-hydroxylation sites is 2. The average Bonchev–Trinajstić information content (AvgIpc) is 3.49. The van der Waals surface area contributed by atoms with Crippen molar-refractivity contribution in [3.05, 3.63) is 98.7 Å². The van der Waals surface area contributed by atoms with Gasteiger partial charge in [-0.2, -0.15) is 0 Å². The lowest BCUT2D eigenvalue weighted by atomic mass is 9.71. The summed E-state index contributed by atoms with van der Waals surface area (Å²) in [7, 11) is 1.61. The SMILES string of the molecule is COc1ccccc1[C@H]1CC(=O)C2=C(C1)NC(C)=C(C(=O)OC[C@@H]1CCCO1)[C@@H]2c1coc2ccccc2c1=O. The van der Waals surface area contributed by atoms with Gasteiger partial charge in [0.1, 0.15) is 17.9 Å². The van der Waals surface area contributed by atoms with E-state index < -0.39 is 11.9 Å². The number of methoxy groups -OCH3 is 1. The third kappa shape index (κ3) is 4.62. The second-order valence-electron chi connectivity index (χ2n) is 10.5. The van der Waals surface area contributed by atoms with Gasteiger partial charge in [0.05, 0.1) is 36.4 Å². The van der Waals surface area contributed by atoms with Gasteiger partial charge in [0.2, 0.25) is 0 Å². The molecule has 8 nitrogen and oxygen atoms in total. The van der Waals surface area contributed by atoms with E-state index in [1.54, 1.807) is 38.3 Å². The van der Waals surface area contributed by atoms with Crippen molar-refractivity contribution in [2.45, 2.75) is 50.5 Å². The summed E-state index contributed by atoms with van der Waals surface area (Å²) < 4.78 is 22.8. The van der Waals surface area contributed by atoms with Crippen LogP contribution in [0.1, 0.15) is 55.6 Å². The number of ether oxygens (including phenoxy) is 3. The highest BCUT2D eigenvalue weighted by atomic mass is 16.6. The molecule has 0 bridgehead atoms. The second kappa shape index (κ2) is 10.8. The Morgan fingerprint density at radius 3 is 2.65 bits per heavy atom. The van der Waals surface area contributed by atoms with Crippen LogP contribution in [0.3, 0.4) is 0 Å². The Bertz CT molecular complexity index is 1610. The molecule has 1 saturated heterocycles. The molecule has 6 rings (SSSR count). The van der Waals surface area contributed by atoms with Crippen LogP contribution in [0.5, 0.6) is 5.75 Å². The summed E-state index contributed by atoms with van der Waals surface area (Å²) in [6.07, 6.45) is 3.70. The number of Topliss-reactive ketones (excluding diaryl/α,β-unsaturated/α-hetero) is 1. The summed E-state index contributed by atoms with van der Waals surface area (Å²) in [6, 6.07) is 14.6. The van der Waals surface area contributed by atoms with E-state index in [2.05, 4.69) is 5.32 Å². The number of hydrogen-bond acceptors (Lipinski definition) is 8. The lowest BCUT2D eigenvalue weighted by Crippen LogP contribution is -2.38. The lowest BCUT2D eigenvalue weighted by Gasteiger charge is -2.36. The fraction of sp³-hybridized carbons (Fsp3) is 0.344. The summed E-state index contributed by atoms with van der Waals surface area (Å²) >= 11 is 0. The number of esters is 1. The van der Waals surface area contributed by atoms with Gasteiger partial charge in [0.15, 0.2) is 11.2 Å². The Kier molecular flexibility index (Phi) is 7.02. The Morgan fingerprint density at radius 1 is 1.05 bits per heavy atom. The van der Waals surface area contributed by atoms with Gasteiger partial charge < -0.3 is 23.9 Å². The largest absolute Gasteiger partial charge is 0.496 e. The molecule has 0 saturated carbocycles. The lowest BCUT2D eigenvalue weighted by molar-refractivity contribution is -0.142. The molecule has 206 valence electrons. The number of rotatable bonds is 6. The highest BCUT2D eigenvalue weighted by molar-refractivity contribution is 6.04. The van der Waals surface area contributed by atoms with Crippen LogP contribution in [-0.4, -0.2) is 38.2 Å². The molecule has 1 N–H and O–H groups in total. The normalized spacial score (nSPS) is 22.8. The van der Waals surface area contributed by atoms with Crippen LogP contribution < -0.4 is 15.5 Å². The number of benzene rings is 2. The van der Waals surface area contributed by atoms with Crippen LogP contribution >= 0.6 is 0 Å². The number of carbonyl (C=O) groups excluding carboxylic acids is 2. The number of ketones is 1. The van der Waals surface area contributed by atoms with Gasteiger partial charge in [0.25, 0.3) is 0 Å². The molecule has 8 heteroatoms. The highest BCUT2D eigenvalue weighted by Crippen LogP contribution is 2.46. The first-order valence-corrected chi connectivity index (χ1v) is 13.6. The van der Waals surface area contributed by atoms with Crippen molar-refractivity contribution in [3.63, 3.8) is 0 Å². The highest BCUT2D eigenvalue weighted by Gasteiger charge is 2.43. The number of hydrogen-bond donors (Lipinski definition) is 1. The van der Waals surface area contributed by atoms with Crippen molar-refractivity contribution < 1.29 is 28.2 Å². The van der Waals surface area contributed by atoms with Crippen molar-refractivity contribution in [2.24, 2.45) is 0 Å². The third-order valence-electron chi connectivity index (χ3n) is 8.07. The molecule has 1 aliphatic carbocycles. The molecule has 0 unspecified atom stereocenters. The van der Waals surface area contributed by atoms with E-state index in [1.807, 2.05) is 24.3 Å². The number of dihydropyridines is 1. The number of carbonyl (C=O) groups is 2. The Morgan fingerprint density at radius 2 is 1.85 bits per heavy atom. The number of fused-ring (bicyclic) bond motifs is 1. The average molecular weight is 542 g/mol. The van der Waals surface area contributed by atoms with Crippen molar-refractivity contribution in [1.82, 2.24) is 5.32 Å². The Hall–Kier alpha value is -4.17. The summed E-state index contributed by atoms with van der Waals surface area (Å²) in [6.45, 7) is 2.54. The van der Waals surface area contributed by atoms with Crippen LogP contribution in [0.4, 0.5) is 0 Å². The van der Waals surface area contributed by atoms with Crippen molar-refractivity contribution in [1.29, 1.82) is 0 Å². The van der Waals surface area contributed by atoms with Gasteiger partial charge >= 0.3 is 5.97 Å². The molecular weight excluding hydrogens is 510 g/mol. The third-order valence-corrected chi connectivity index (χ3v) is 8.07. The van der Waals surface area contributed by atoms with Crippen molar-refractivity contribution in [2.75, 3.05) is 20.3 Å². The molecule has 1 aromatic heterocycles. The molecule has 3 atom stereocenters. The van der Waals surface area contributed by atoms with Crippen LogP contribution in [0.25, 0.3) is 11.0 Å². The molecule has 2 aliphatic heterocycles. The van der Waals surface area contributed by atoms with E-state index in [1.165, 1.54) is 6.26 Å². The van der Waals surface area contributed by atoms with Crippen LogP contribution in [0.15, 0.2) is 86.5 Å². The fourth-order valence-corrected chi connectivity index (χ4v) is 6.16. The topological polar surface area (TPSA) is 104 Å². The fourth-order valence-electron chi connectivity index (χ4n) is 6.16. The minimum absolute atomic E-state index is 0.115. The van der Waals surface area contributed by atoms with E-state index in [0.29, 0.717) is 41.0 Å². The molecule has 3 heterocycles. The molecule has 0 radical (unpaired) electrons. The van der Waals surface area contributed by atoms with Crippen LogP contribution in [0, 0.1) is 0 Å². The van der Waals surface area contributed by atoms with Gasteiger partial charge in [-0.1, -0.05) is 30.3 Å². The van der Waals surface area contributed by atoms with E-state index >= 15 is 0 Å². The monoisotopic (exact) mass is 541 g/mol. The quantitative estimate of drug-likeness (QED) is 0.440. The van der Waals surface area contributed by atoms with E-state index in [-0.39, 0.29) is 47.4 Å². The zero-order valence-electron chi connectivity index (χ0n) is 22.5. The summed E-state index contributed by atoms with van der Waals surface area (Å²) in [5.41, 5.74) is 3.22. The number of nitrogens with one attached hydrogen (secondary N) is 1. The summed E-state index contributed by atoms with van der Waals surface area (Å²) in [5.74, 6) is -1.04.